The maximum Gasteiger partial charge on any atom is 0.229 e. The zero-order chi connectivity index (χ0) is 14.9. The zero-order valence-electron chi connectivity index (χ0n) is 11.9. The minimum Gasteiger partial charge on any atom is -0.337 e. The number of hydrogen-bond donors (Lipinski definition) is 1. The molecule has 1 aliphatic heterocycles. The van der Waals surface area contributed by atoms with Crippen LogP contribution in [0.1, 0.15) is 27.2 Å². The highest BCUT2D eigenvalue weighted by Gasteiger charge is 2.39. The Balaban J connectivity index is 2.01. The molecular formula is C15H19FN2O2. The van der Waals surface area contributed by atoms with Gasteiger partial charge >= 0.3 is 0 Å². The summed E-state index contributed by atoms with van der Waals surface area (Å²) in [5.41, 5.74) is 0.264. The number of halogens is 1. The van der Waals surface area contributed by atoms with Crippen LogP contribution in [-0.4, -0.2) is 28.8 Å². The van der Waals surface area contributed by atoms with Gasteiger partial charge in [0.05, 0.1) is 5.92 Å². The van der Waals surface area contributed by atoms with E-state index in [-0.39, 0.29) is 35.5 Å². The molecule has 2 amide bonds. The molecule has 1 N–H and O–H groups in total. The molecule has 1 unspecified atom stereocenters. The van der Waals surface area contributed by atoms with Gasteiger partial charge in [-0.1, -0.05) is 0 Å². The molecule has 0 spiro atoms. The van der Waals surface area contributed by atoms with E-state index in [0.717, 1.165) is 0 Å². The molecule has 0 saturated carbocycles. The number of nitrogens with one attached hydrogen (secondary N) is 1. The second kappa shape index (κ2) is 5.23. The van der Waals surface area contributed by atoms with Gasteiger partial charge in [0.25, 0.3) is 0 Å². The van der Waals surface area contributed by atoms with Gasteiger partial charge in [-0.25, -0.2) is 4.39 Å². The van der Waals surface area contributed by atoms with Crippen LogP contribution in [0.5, 0.6) is 0 Å². The SMILES string of the molecule is CC(C)(C)N1CC(C(=O)Nc2ccc(F)cc2)CC1=O. The van der Waals surface area contributed by atoms with Gasteiger partial charge in [-0.2, -0.15) is 0 Å². The Bertz CT molecular complexity index is 520. The van der Waals surface area contributed by atoms with Gasteiger partial charge in [0.1, 0.15) is 5.82 Å². The Hall–Kier alpha value is -1.91. The predicted molar refractivity (Wildman–Crippen MR) is 74.6 cm³/mol. The van der Waals surface area contributed by atoms with Gasteiger partial charge in [-0.15, -0.1) is 0 Å². The van der Waals surface area contributed by atoms with Crippen LogP contribution in [0, 0.1) is 11.7 Å². The number of amides is 2. The highest BCUT2D eigenvalue weighted by molar-refractivity contribution is 5.97. The monoisotopic (exact) mass is 278 g/mol. The summed E-state index contributed by atoms with van der Waals surface area (Å²) in [6.07, 6.45) is 0.226. The fourth-order valence-electron chi connectivity index (χ4n) is 2.31. The van der Waals surface area contributed by atoms with Crippen LogP contribution in [0.3, 0.4) is 0 Å². The average molecular weight is 278 g/mol. The molecule has 1 aromatic carbocycles. The predicted octanol–water partition coefficient (Wildman–Crippen LogP) is 2.41. The standard InChI is InChI=1S/C15H19FN2O2/c1-15(2,3)18-9-10(8-13(18)19)14(20)17-12-6-4-11(16)5-7-12/h4-7,10H,8-9H2,1-3H3,(H,17,20). The number of anilines is 1. The van der Waals surface area contributed by atoms with Gasteiger partial charge in [-0.3, -0.25) is 9.59 Å². The lowest BCUT2D eigenvalue weighted by Crippen LogP contribution is -2.42. The molecule has 1 aliphatic rings. The highest BCUT2D eigenvalue weighted by Crippen LogP contribution is 2.26. The first kappa shape index (κ1) is 14.5. The molecule has 108 valence electrons. The smallest absolute Gasteiger partial charge is 0.229 e. The van der Waals surface area contributed by atoms with Crippen molar-refractivity contribution < 1.29 is 14.0 Å². The maximum absolute atomic E-state index is 12.8. The Morgan fingerprint density at radius 1 is 1.30 bits per heavy atom. The quantitative estimate of drug-likeness (QED) is 0.903. The Labute approximate surface area is 118 Å². The molecule has 0 aliphatic carbocycles. The summed E-state index contributed by atoms with van der Waals surface area (Å²) in [6, 6.07) is 5.59. The molecule has 1 saturated heterocycles. The van der Waals surface area contributed by atoms with Gasteiger partial charge in [0.15, 0.2) is 0 Å². The van der Waals surface area contributed by atoms with Crippen LogP contribution >= 0.6 is 0 Å². The van der Waals surface area contributed by atoms with Crippen LogP contribution in [0.25, 0.3) is 0 Å². The third kappa shape index (κ3) is 3.15. The topological polar surface area (TPSA) is 49.4 Å². The van der Waals surface area contributed by atoms with Crippen molar-refractivity contribution in [2.75, 3.05) is 11.9 Å². The van der Waals surface area contributed by atoms with Crippen LogP contribution in [-0.2, 0) is 9.59 Å². The van der Waals surface area contributed by atoms with Crippen molar-refractivity contribution in [1.82, 2.24) is 4.90 Å². The Morgan fingerprint density at radius 3 is 2.40 bits per heavy atom. The first-order valence-corrected chi connectivity index (χ1v) is 6.64. The maximum atomic E-state index is 12.8. The van der Waals surface area contributed by atoms with Crippen molar-refractivity contribution in [2.24, 2.45) is 5.92 Å². The summed E-state index contributed by atoms with van der Waals surface area (Å²) in [7, 11) is 0. The molecule has 1 fully saturated rings. The lowest BCUT2D eigenvalue weighted by molar-refractivity contribution is -0.131. The average Bonchev–Trinajstić information content (AvgIpc) is 2.74. The molecule has 20 heavy (non-hydrogen) atoms. The molecular weight excluding hydrogens is 259 g/mol. The van der Waals surface area contributed by atoms with E-state index in [1.807, 2.05) is 20.8 Å². The fraction of sp³-hybridized carbons (Fsp3) is 0.467. The number of carbonyl (C=O) groups excluding carboxylic acids is 2. The summed E-state index contributed by atoms with van der Waals surface area (Å²) in [5, 5.41) is 2.72. The van der Waals surface area contributed by atoms with E-state index in [1.165, 1.54) is 24.3 Å². The van der Waals surface area contributed by atoms with Gasteiger partial charge in [0, 0.05) is 24.2 Å². The number of rotatable bonds is 2. The van der Waals surface area contributed by atoms with Crippen LogP contribution in [0.2, 0.25) is 0 Å². The summed E-state index contributed by atoms with van der Waals surface area (Å²) in [6.45, 7) is 6.27. The minimum absolute atomic E-state index is 0.00300. The third-order valence-electron chi connectivity index (χ3n) is 3.42. The number of hydrogen-bond acceptors (Lipinski definition) is 2. The number of likely N-dealkylation sites (tertiary alicyclic amines) is 1. The van der Waals surface area contributed by atoms with E-state index in [9.17, 15) is 14.0 Å². The number of nitrogens with zero attached hydrogens (tertiary/aromatic N) is 1. The zero-order valence-corrected chi connectivity index (χ0v) is 11.9. The van der Waals surface area contributed by atoms with Crippen molar-refractivity contribution in [3.8, 4) is 0 Å². The van der Waals surface area contributed by atoms with E-state index < -0.39 is 0 Å². The van der Waals surface area contributed by atoms with Crippen molar-refractivity contribution in [3.63, 3.8) is 0 Å². The molecule has 0 radical (unpaired) electrons. The molecule has 1 heterocycles. The van der Waals surface area contributed by atoms with Crippen molar-refractivity contribution in [1.29, 1.82) is 0 Å². The van der Waals surface area contributed by atoms with Gasteiger partial charge in [-0.05, 0) is 45.0 Å². The molecule has 0 aromatic heterocycles. The Kier molecular flexibility index (Phi) is 3.79. The molecule has 4 nitrogen and oxygen atoms in total. The summed E-state index contributed by atoms with van der Waals surface area (Å²) >= 11 is 0. The van der Waals surface area contributed by atoms with Gasteiger partial charge < -0.3 is 10.2 Å². The van der Waals surface area contributed by atoms with Crippen LogP contribution < -0.4 is 5.32 Å². The van der Waals surface area contributed by atoms with Crippen molar-refractivity contribution in [3.05, 3.63) is 30.1 Å². The van der Waals surface area contributed by atoms with Crippen LogP contribution in [0.15, 0.2) is 24.3 Å². The van der Waals surface area contributed by atoms with E-state index in [1.54, 1.807) is 4.90 Å². The molecule has 2 rings (SSSR count). The molecule has 1 aromatic rings. The van der Waals surface area contributed by atoms with Crippen molar-refractivity contribution in [2.45, 2.75) is 32.7 Å². The lowest BCUT2D eigenvalue weighted by atomic mass is 10.1. The fourth-order valence-corrected chi connectivity index (χ4v) is 2.31. The van der Waals surface area contributed by atoms with E-state index >= 15 is 0 Å². The largest absolute Gasteiger partial charge is 0.337 e. The summed E-state index contributed by atoms with van der Waals surface area (Å²) in [4.78, 5) is 25.8. The Morgan fingerprint density at radius 2 is 1.90 bits per heavy atom. The minimum atomic E-state index is -0.355. The van der Waals surface area contributed by atoms with E-state index in [4.69, 9.17) is 0 Å². The highest BCUT2D eigenvalue weighted by atomic mass is 19.1. The lowest BCUT2D eigenvalue weighted by Gasteiger charge is -2.31. The summed E-state index contributed by atoms with van der Waals surface area (Å²) < 4.78 is 12.8. The first-order valence-electron chi connectivity index (χ1n) is 6.64. The molecule has 5 heteroatoms. The van der Waals surface area contributed by atoms with E-state index in [0.29, 0.717) is 12.2 Å². The van der Waals surface area contributed by atoms with Crippen LogP contribution in [0.4, 0.5) is 10.1 Å². The van der Waals surface area contributed by atoms with Gasteiger partial charge in [0.2, 0.25) is 11.8 Å². The third-order valence-corrected chi connectivity index (χ3v) is 3.42. The normalized spacial score (nSPS) is 19.3. The first-order chi connectivity index (χ1) is 9.27. The number of benzene rings is 1. The second-order valence-corrected chi connectivity index (χ2v) is 6.07. The summed E-state index contributed by atoms with van der Waals surface area (Å²) in [5.74, 6) is -0.904. The van der Waals surface area contributed by atoms with E-state index in [2.05, 4.69) is 5.32 Å². The van der Waals surface area contributed by atoms with Crippen molar-refractivity contribution >= 4 is 17.5 Å². The molecule has 1 atom stereocenters. The molecule has 0 bridgehead atoms. The number of carbonyl (C=O) groups is 2. The second-order valence-electron chi connectivity index (χ2n) is 6.07.